The number of rotatable bonds is 7. The number of alkyl halides is 3. The summed E-state index contributed by atoms with van der Waals surface area (Å²) in [5.41, 5.74) is -0.164. The van der Waals surface area contributed by atoms with Crippen molar-refractivity contribution >= 4 is 17.4 Å². The van der Waals surface area contributed by atoms with Crippen LogP contribution in [0.1, 0.15) is 42.1 Å². The summed E-state index contributed by atoms with van der Waals surface area (Å²) in [5, 5.41) is 5.79. The molecule has 0 aliphatic heterocycles. The van der Waals surface area contributed by atoms with Gasteiger partial charge in [0.1, 0.15) is 5.82 Å². The Labute approximate surface area is 144 Å². The van der Waals surface area contributed by atoms with Gasteiger partial charge in [-0.3, -0.25) is 4.79 Å². The first kappa shape index (κ1) is 18.8. The van der Waals surface area contributed by atoms with Crippen molar-refractivity contribution in [2.45, 2.75) is 32.4 Å². The highest BCUT2D eigenvalue weighted by atomic mass is 19.4. The van der Waals surface area contributed by atoms with Crippen LogP contribution >= 0.6 is 0 Å². The molecular formula is C18H20F3N3O. The number of hydrogen-bond donors (Lipinski definition) is 2. The number of benzene rings is 1. The van der Waals surface area contributed by atoms with Crippen molar-refractivity contribution < 1.29 is 18.0 Å². The SMILES string of the molecule is CCCCCNc1ccc(NC(=O)c2ccc(C(F)(F)F)cc2)cn1. The minimum Gasteiger partial charge on any atom is -0.370 e. The molecule has 2 N–H and O–H groups in total. The molecule has 134 valence electrons. The molecule has 1 amide bonds. The summed E-state index contributed by atoms with van der Waals surface area (Å²) in [7, 11) is 0. The molecule has 7 heteroatoms. The van der Waals surface area contributed by atoms with E-state index in [2.05, 4.69) is 22.5 Å². The van der Waals surface area contributed by atoms with E-state index in [9.17, 15) is 18.0 Å². The third-order valence-corrected chi connectivity index (χ3v) is 3.58. The summed E-state index contributed by atoms with van der Waals surface area (Å²) < 4.78 is 37.6. The molecule has 0 aliphatic rings. The van der Waals surface area contributed by atoms with E-state index < -0.39 is 17.6 Å². The number of aromatic nitrogens is 1. The van der Waals surface area contributed by atoms with Crippen molar-refractivity contribution in [3.63, 3.8) is 0 Å². The monoisotopic (exact) mass is 351 g/mol. The fraction of sp³-hybridized carbons (Fsp3) is 0.333. The number of halogens is 3. The maximum Gasteiger partial charge on any atom is 0.416 e. The molecule has 4 nitrogen and oxygen atoms in total. The lowest BCUT2D eigenvalue weighted by Crippen LogP contribution is -2.13. The summed E-state index contributed by atoms with van der Waals surface area (Å²) in [4.78, 5) is 16.3. The quantitative estimate of drug-likeness (QED) is 0.694. The molecule has 0 unspecified atom stereocenters. The van der Waals surface area contributed by atoms with Crippen molar-refractivity contribution in [1.82, 2.24) is 4.98 Å². The second-order valence-electron chi connectivity index (χ2n) is 5.60. The molecule has 0 radical (unpaired) electrons. The fourth-order valence-electron chi connectivity index (χ4n) is 2.18. The summed E-state index contributed by atoms with van der Waals surface area (Å²) in [6, 6.07) is 7.50. The highest BCUT2D eigenvalue weighted by molar-refractivity contribution is 6.04. The Bertz CT molecular complexity index is 682. The number of amides is 1. The van der Waals surface area contributed by atoms with Crippen LogP contribution in [0.3, 0.4) is 0 Å². The molecule has 0 spiro atoms. The van der Waals surface area contributed by atoms with Gasteiger partial charge in [0.2, 0.25) is 0 Å². The molecule has 25 heavy (non-hydrogen) atoms. The topological polar surface area (TPSA) is 54.0 Å². The van der Waals surface area contributed by atoms with Crippen LogP contribution in [0.15, 0.2) is 42.6 Å². The molecule has 0 fully saturated rings. The number of hydrogen-bond acceptors (Lipinski definition) is 3. The van der Waals surface area contributed by atoms with E-state index in [-0.39, 0.29) is 5.56 Å². The molecule has 0 saturated carbocycles. The van der Waals surface area contributed by atoms with Gasteiger partial charge in [-0.25, -0.2) is 4.98 Å². The normalized spacial score (nSPS) is 11.2. The molecule has 2 aromatic rings. The zero-order chi connectivity index (χ0) is 18.3. The van der Waals surface area contributed by atoms with E-state index in [1.165, 1.54) is 6.20 Å². The number of nitrogens with zero attached hydrogens (tertiary/aromatic N) is 1. The van der Waals surface area contributed by atoms with Gasteiger partial charge in [0, 0.05) is 12.1 Å². The van der Waals surface area contributed by atoms with Crippen molar-refractivity contribution in [1.29, 1.82) is 0 Å². The maximum absolute atomic E-state index is 12.5. The Morgan fingerprint density at radius 1 is 1.08 bits per heavy atom. The Kier molecular flexibility index (Phi) is 6.38. The smallest absolute Gasteiger partial charge is 0.370 e. The Morgan fingerprint density at radius 2 is 1.80 bits per heavy atom. The third-order valence-electron chi connectivity index (χ3n) is 3.58. The molecule has 1 aromatic carbocycles. The molecule has 0 saturated heterocycles. The highest BCUT2D eigenvalue weighted by Crippen LogP contribution is 2.29. The summed E-state index contributed by atoms with van der Waals surface area (Å²) in [6.07, 6.45) is 0.436. The molecular weight excluding hydrogens is 331 g/mol. The van der Waals surface area contributed by atoms with Crippen LogP contribution in [0.25, 0.3) is 0 Å². The largest absolute Gasteiger partial charge is 0.416 e. The van der Waals surface area contributed by atoms with E-state index in [0.717, 1.165) is 50.1 Å². The van der Waals surface area contributed by atoms with Gasteiger partial charge in [-0.15, -0.1) is 0 Å². The van der Waals surface area contributed by atoms with Crippen LogP contribution in [0, 0.1) is 0 Å². The molecule has 1 aromatic heterocycles. The lowest BCUT2D eigenvalue weighted by Gasteiger charge is -2.09. The molecule has 0 atom stereocenters. The third kappa shape index (κ3) is 5.77. The van der Waals surface area contributed by atoms with Crippen LogP contribution in [0.4, 0.5) is 24.7 Å². The fourth-order valence-corrected chi connectivity index (χ4v) is 2.18. The van der Waals surface area contributed by atoms with Crippen molar-refractivity contribution in [3.8, 4) is 0 Å². The van der Waals surface area contributed by atoms with Gasteiger partial charge in [-0.2, -0.15) is 13.2 Å². The molecule has 0 bridgehead atoms. The van der Waals surface area contributed by atoms with Crippen molar-refractivity contribution in [2.24, 2.45) is 0 Å². The first-order chi connectivity index (χ1) is 11.9. The van der Waals surface area contributed by atoms with Crippen LogP contribution in [-0.4, -0.2) is 17.4 Å². The van der Waals surface area contributed by atoms with E-state index in [1.807, 2.05) is 0 Å². The summed E-state index contributed by atoms with van der Waals surface area (Å²) in [5.74, 6) is 0.225. The standard InChI is InChI=1S/C18H20F3N3O/c1-2-3-4-11-22-16-10-9-15(12-23-16)24-17(25)13-5-7-14(8-6-13)18(19,20)21/h5-10,12H,2-4,11H2,1H3,(H,22,23)(H,24,25). The van der Waals surface area contributed by atoms with Crippen molar-refractivity contribution in [2.75, 3.05) is 17.2 Å². The summed E-state index contributed by atoms with van der Waals surface area (Å²) >= 11 is 0. The van der Waals surface area contributed by atoms with E-state index >= 15 is 0 Å². The molecule has 0 aliphatic carbocycles. The van der Waals surface area contributed by atoms with Crippen LogP contribution in [0.5, 0.6) is 0 Å². The second kappa shape index (κ2) is 8.50. The van der Waals surface area contributed by atoms with E-state index in [4.69, 9.17) is 0 Å². The lowest BCUT2D eigenvalue weighted by molar-refractivity contribution is -0.137. The minimum absolute atomic E-state index is 0.148. The van der Waals surface area contributed by atoms with Gasteiger partial charge in [-0.05, 0) is 42.8 Å². The number of pyridine rings is 1. The lowest BCUT2D eigenvalue weighted by atomic mass is 10.1. The Balaban J connectivity index is 1.92. The van der Waals surface area contributed by atoms with Crippen LogP contribution in [0.2, 0.25) is 0 Å². The van der Waals surface area contributed by atoms with Gasteiger partial charge in [-0.1, -0.05) is 19.8 Å². The van der Waals surface area contributed by atoms with Crippen LogP contribution < -0.4 is 10.6 Å². The number of unbranched alkanes of at least 4 members (excludes halogenated alkanes) is 2. The van der Waals surface area contributed by atoms with Gasteiger partial charge in [0.15, 0.2) is 0 Å². The Morgan fingerprint density at radius 3 is 2.36 bits per heavy atom. The first-order valence-corrected chi connectivity index (χ1v) is 8.08. The summed E-state index contributed by atoms with van der Waals surface area (Å²) in [6.45, 7) is 2.96. The van der Waals surface area contributed by atoms with Gasteiger partial charge in [0.05, 0.1) is 17.4 Å². The Hall–Kier alpha value is -2.57. The predicted octanol–water partition coefficient (Wildman–Crippen LogP) is 4.95. The average Bonchev–Trinajstić information content (AvgIpc) is 2.59. The number of nitrogens with one attached hydrogen (secondary N) is 2. The zero-order valence-corrected chi connectivity index (χ0v) is 13.9. The van der Waals surface area contributed by atoms with Gasteiger partial charge < -0.3 is 10.6 Å². The molecule has 1 heterocycles. The number of anilines is 2. The predicted molar refractivity (Wildman–Crippen MR) is 91.6 cm³/mol. The highest BCUT2D eigenvalue weighted by Gasteiger charge is 2.30. The number of carbonyl (C=O) groups is 1. The first-order valence-electron chi connectivity index (χ1n) is 8.08. The minimum atomic E-state index is -4.42. The van der Waals surface area contributed by atoms with Crippen LogP contribution in [-0.2, 0) is 6.18 Å². The van der Waals surface area contributed by atoms with E-state index in [0.29, 0.717) is 11.5 Å². The molecule has 2 rings (SSSR count). The van der Waals surface area contributed by atoms with E-state index in [1.54, 1.807) is 12.1 Å². The average molecular weight is 351 g/mol. The van der Waals surface area contributed by atoms with Gasteiger partial charge >= 0.3 is 6.18 Å². The van der Waals surface area contributed by atoms with Crippen molar-refractivity contribution in [3.05, 3.63) is 53.7 Å². The second-order valence-corrected chi connectivity index (χ2v) is 5.60. The zero-order valence-electron chi connectivity index (χ0n) is 13.9. The van der Waals surface area contributed by atoms with Gasteiger partial charge in [0.25, 0.3) is 5.91 Å². The number of carbonyl (C=O) groups excluding carboxylic acids is 1. The maximum atomic E-state index is 12.5.